The van der Waals surface area contributed by atoms with Gasteiger partial charge in [0.2, 0.25) is 11.0 Å². The molecule has 6 heteroatoms. The normalized spacial score (nSPS) is 19.4. The molecule has 1 aromatic rings. The van der Waals surface area contributed by atoms with E-state index in [4.69, 9.17) is 4.74 Å². The predicted octanol–water partition coefficient (Wildman–Crippen LogP) is 2.56. The number of hydrogen-bond acceptors (Lipinski definition) is 5. The fourth-order valence-electron chi connectivity index (χ4n) is 1.86. The van der Waals surface area contributed by atoms with E-state index in [1.165, 1.54) is 11.3 Å². The Bertz CT molecular complexity index is 400. The highest BCUT2D eigenvalue weighted by Gasteiger charge is 2.17. The number of nitrogens with one attached hydrogen (secondary N) is 1. The van der Waals surface area contributed by atoms with Crippen LogP contribution in [0.2, 0.25) is 0 Å². The van der Waals surface area contributed by atoms with Gasteiger partial charge in [-0.05, 0) is 19.3 Å². The van der Waals surface area contributed by atoms with Crippen LogP contribution in [0.1, 0.15) is 50.5 Å². The number of amides is 1. The maximum atomic E-state index is 11.7. The summed E-state index contributed by atoms with van der Waals surface area (Å²) in [5, 5.41) is 12.3. The first-order valence-corrected chi connectivity index (χ1v) is 7.21. The monoisotopic (exact) mass is 269 g/mol. The average molecular weight is 269 g/mol. The lowest BCUT2D eigenvalue weighted by atomic mass is 10.1. The Morgan fingerprint density at radius 3 is 3.00 bits per heavy atom. The summed E-state index contributed by atoms with van der Waals surface area (Å²) in [6.07, 6.45) is 3.73. The lowest BCUT2D eigenvalue weighted by Crippen LogP contribution is -2.15. The Balaban J connectivity index is 1.75. The highest BCUT2D eigenvalue weighted by molar-refractivity contribution is 7.15. The second-order valence-electron chi connectivity index (χ2n) is 4.82. The maximum absolute atomic E-state index is 11.7. The first kappa shape index (κ1) is 13.4. The summed E-state index contributed by atoms with van der Waals surface area (Å²) in [5.41, 5.74) is 0. The molecule has 1 fully saturated rings. The fourth-order valence-corrected chi connectivity index (χ4v) is 2.63. The number of carbonyl (C=O) groups excluding carboxylic acids is 1. The van der Waals surface area contributed by atoms with Crippen LogP contribution in [-0.4, -0.2) is 28.8 Å². The first-order chi connectivity index (χ1) is 8.65. The molecule has 0 radical (unpaired) electrons. The molecule has 1 atom stereocenters. The quantitative estimate of drug-likeness (QED) is 0.892. The molecular weight excluding hydrogens is 250 g/mol. The number of rotatable bonds is 5. The van der Waals surface area contributed by atoms with Crippen LogP contribution in [0.5, 0.6) is 0 Å². The van der Waals surface area contributed by atoms with Gasteiger partial charge in [0.05, 0.1) is 6.10 Å². The third-order valence-corrected chi connectivity index (χ3v) is 4.04. The summed E-state index contributed by atoms with van der Waals surface area (Å²) < 4.78 is 5.48. The SMILES string of the molecule is CC(C)c1nnc(NC(=O)CC[C@@H]2CCCO2)s1. The van der Waals surface area contributed by atoms with Gasteiger partial charge in [0.1, 0.15) is 5.01 Å². The summed E-state index contributed by atoms with van der Waals surface area (Å²) in [6, 6.07) is 0. The van der Waals surface area contributed by atoms with Crippen LogP contribution in [0.4, 0.5) is 5.13 Å². The standard InChI is InChI=1S/C12H19N3O2S/c1-8(2)11-14-15-12(18-11)13-10(16)6-5-9-4-3-7-17-9/h8-9H,3-7H2,1-2H3,(H,13,15,16)/t9-/m0/s1. The Morgan fingerprint density at radius 1 is 1.56 bits per heavy atom. The Labute approximate surface area is 111 Å². The summed E-state index contributed by atoms with van der Waals surface area (Å²) >= 11 is 1.44. The molecule has 2 rings (SSSR count). The lowest BCUT2D eigenvalue weighted by Gasteiger charge is -2.07. The van der Waals surface area contributed by atoms with Crippen molar-refractivity contribution in [1.29, 1.82) is 0 Å². The minimum absolute atomic E-state index is 0.00282. The summed E-state index contributed by atoms with van der Waals surface area (Å²) in [5.74, 6) is 0.344. The maximum Gasteiger partial charge on any atom is 0.226 e. The van der Waals surface area contributed by atoms with Crippen LogP contribution in [0.25, 0.3) is 0 Å². The second kappa shape index (κ2) is 6.24. The molecule has 100 valence electrons. The highest BCUT2D eigenvalue weighted by atomic mass is 32.1. The third-order valence-electron chi connectivity index (χ3n) is 2.90. The topological polar surface area (TPSA) is 64.1 Å². The molecule has 0 bridgehead atoms. The van der Waals surface area contributed by atoms with E-state index in [0.29, 0.717) is 17.5 Å². The van der Waals surface area contributed by atoms with Crippen molar-refractivity contribution in [3.63, 3.8) is 0 Å². The van der Waals surface area contributed by atoms with Gasteiger partial charge >= 0.3 is 0 Å². The third kappa shape index (κ3) is 3.74. The predicted molar refractivity (Wildman–Crippen MR) is 70.8 cm³/mol. The number of aromatic nitrogens is 2. The molecule has 2 heterocycles. The molecule has 1 aromatic heterocycles. The van der Waals surface area contributed by atoms with E-state index in [-0.39, 0.29) is 12.0 Å². The highest BCUT2D eigenvalue weighted by Crippen LogP contribution is 2.23. The zero-order valence-corrected chi connectivity index (χ0v) is 11.6. The van der Waals surface area contributed by atoms with Crippen LogP contribution in [0.3, 0.4) is 0 Å². The molecule has 1 aliphatic rings. The largest absolute Gasteiger partial charge is 0.378 e. The average Bonchev–Trinajstić information content (AvgIpc) is 2.96. The molecule has 0 saturated carbocycles. The molecule has 1 saturated heterocycles. The van der Waals surface area contributed by atoms with Crippen molar-refractivity contribution in [3.8, 4) is 0 Å². The molecule has 5 nitrogen and oxygen atoms in total. The van der Waals surface area contributed by atoms with Crippen molar-refractivity contribution < 1.29 is 9.53 Å². The first-order valence-electron chi connectivity index (χ1n) is 6.40. The van der Waals surface area contributed by atoms with Gasteiger partial charge in [-0.15, -0.1) is 10.2 Å². The van der Waals surface area contributed by atoms with Gasteiger partial charge in [0.25, 0.3) is 0 Å². The van der Waals surface area contributed by atoms with Gasteiger partial charge < -0.3 is 10.1 Å². The van der Waals surface area contributed by atoms with Crippen molar-refractivity contribution >= 4 is 22.4 Å². The minimum Gasteiger partial charge on any atom is -0.378 e. The van der Waals surface area contributed by atoms with Crippen molar-refractivity contribution in [1.82, 2.24) is 10.2 Å². The van der Waals surface area contributed by atoms with Crippen LogP contribution >= 0.6 is 11.3 Å². The van der Waals surface area contributed by atoms with Crippen LogP contribution < -0.4 is 5.32 Å². The van der Waals surface area contributed by atoms with Crippen LogP contribution in [0.15, 0.2) is 0 Å². The van der Waals surface area contributed by atoms with Gasteiger partial charge in [-0.3, -0.25) is 4.79 Å². The van der Waals surface area contributed by atoms with E-state index >= 15 is 0 Å². The van der Waals surface area contributed by atoms with Crippen LogP contribution in [-0.2, 0) is 9.53 Å². The van der Waals surface area contributed by atoms with E-state index in [2.05, 4.69) is 29.4 Å². The Kier molecular flexibility index (Phi) is 4.66. The summed E-state index contributed by atoms with van der Waals surface area (Å²) in [4.78, 5) is 11.7. The van der Waals surface area contributed by atoms with Crippen molar-refractivity contribution in [3.05, 3.63) is 5.01 Å². The fraction of sp³-hybridized carbons (Fsp3) is 0.750. The zero-order valence-electron chi connectivity index (χ0n) is 10.8. The van der Waals surface area contributed by atoms with Crippen molar-refractivity contribution in [2.45, 2.75) is 51.6 Å². The number of nitrogens with zero attached hydrogens (tertiary/aromatic N) is 2. The molecule has 1 N–H and O–H groups in total. The van der Waals surface area contributed by atoms with Gasteiger partial charge in [-0.2, -0.15) is 0 Å². The smallest absolute Gasteiger partial charge is 0.226 e. The minimum atomic E-state index is -0.00282. The molecule has 0 unspecified atom stereocenters. The summed E-state index contributed by atoms with van der Waals surface area (Å²) in [6.45, 7) is 4.95. The Morgan fingerprint density at radius 2 is 2.39 bits per heavy atom. The van der Waals surface area contributed by atoms with E-state index in [9.17, 15) is 4.79 Å². The molecule has 1 aliphatic heterocycles. The number of hydrogen-bond donors (Lipinski definition) is 1. The van der Waals surface area contributed by atoms with Gasteiger partial charge in [0, 0.05) is 18.9 Å². The van der Waals surface area contributed by atoms with E-state index in [1.807, 2.05) is 0 Å². The van der Waals surface area contributed by atoms with Gasteiger partial charge in [-0.1, -0.05) is 25.2 Å². The Hall–Kier alpha value is -1.01. The molecule has 0 aliphatic carbocycles. The zero-order chi connectivity index (χ0) is 13.0. The van der Waals surface area contributed by atoms with Crippen LogP contribution in [0, 0.1) is 0 Å². The molecular formula is C12H19N3O2S. The lowest BCUT2D eigenvalue weighted by molar-refractivity contribution is -0.116. The number of anilines is 1. The summed E-state index contributed by atoms with van der Waals surface area (Å²) in [7, 11) is 0. The molecule has 18 heavy (non-hydrogen) atoms. The van der Waals surface area contributed by atoms with E-state index in [0.717, 1.165) is 30.9 Å². The van der Waals surface area contributed by atoms with Crippen molar-refractivity contribution in [2.24, 2.45) is 0 Å². The van der Waals surface area contributed by atoms with Gasteiger partial charge in [-0.25, -0.2) is 0 Å². The number of ether oxygens (including phenoxy) is 1. The van der Waals surface area contributed by atoms with Gasteiger partial charge in [0.15, 0.2) is 0 Å². The molecule has 1 amide bonds. The molecule has 0 spiro atoms. The van der Waals surface area contributed by atoms with Crippen molar-refractivity contribution in [2.75, 3.05) is 11.9 Å². The molecule has 0 aromatic carbocycles. The van der Waals surface area contributed by atoms with E-state index < -0.39 is 0 Å². The van der Waals surface area contributed by atoms with E-state index in [1.54, 1.807) is 0 Å². The second-order valence-corrected chi connectivity index (χ2v) is 5.83. The number of carbonyl (C=O) groups is 1.